The summed E-state index contributed by atoms with van der Waals surface area (Å²) in [4.78, 5) is 0. The molecule has 0 aromatic carbocycles. The average Bonchev–Trinajstić information content (AvgIpc) is 2.12. The van der Waals surface area contributed by atoms with Crippen molar-refractivity contribution in [2.45, 2.75) is 53.4 Å². The van der Waals surface area contributed by atoms with Crippen molar-refractivity contribution in [3.05, 3.63) is 0 Å². The molecule has 3 heteroatoms. The van der Waals surface area contributed by atoms with Gasteiger partial charge in [0.15, 0.2) is 0 Å². The van der Waals surface area contributed by atoms with E-state index in [1.54, 1.807) is 0 Å². The summed E-state index contributed by atoms with van der Waals surface area (Å²) < 4.78 is 0. The summed E-state index contributed by atoms with van der Waals surface area (Å²) in [5, 5.41) is 19.7. The third kappa shape index (κ3) is 31.3. The molecule has 0 saturated carbocycles. The van der Waals surface area contributed by atoms with Crippen LogP contribution in [0.5, 0.6) is 0 Å². The van der Waals surface area contributed by atoms with Crippen molar-refractivity contribution in [1.29, 1.82) is 0 Å². The maximum absolute atomic E-state index is 9.83. The van der Waals surface area contributed by atoms with Crippen LogP contribution >= 0.6 is 0 Å². The zero-order valence-corrected chi connectivity index (χ0v) is 13.1. The number of hydrogen-bond donors (Lipinski definition) is 0. The van der Waals surface area contributed by atoms with E-state index in [4.69, 9.17) is 0 Å². The first kappa shape index (κ1) is 21.5. The summed E-state index contributed by atoms with van der Waals surface area (Å²) in [7, 11) is 0. The van der Waals surface area contributed by atoms with Gasteiger partial charge in [-0.15, -0.1) is 13.2 Å². The van der Waals surface area contributed by atoms with Crippen molar-refractivity contribution in [2.75, 3.05) is 13.2 Å². The average molecular weight is 242 g/mol. The van der Waals surface area contributed by atoms with E-state index < -0.39 is 0 Å². The summed E-state index contributed by atoms with van der Waals surface area (Å²) in [6.45, 7) is 8.73. The smallest absolute Gasteiger partial charge is 0.854 e. The van der Waals surface area contributed by atoms with Gasteiger partial charge in [0.1, 0.15) is 0 Å². The number of rotatable bonds is 6. The molecule has 0 amide bonds. The van der Waals surface area contributed by atoms with Crippen LogP contribution < -0.4 is 10.2 Å². The molecule has 2 nitrogen and oxygen atoms in total. The van der Waals surface area contributed by atoms with Gasteiger partial charge in [0.2, 0.25) is 0 Å². The van der Waals surface area contributed by atoms with Crippen LogP contribution in [0.2, 0.25) is 0 Å². The molecule has 0 rings (SSSR count). The first-order chi connectivity index (χ1) is 6.54. The molecular weight excluding hydrogens is 216 g/mol. The van der Waals surface area contributed by atoms with Crippen LogP contribution in [0, 0.1) is 11.8 Å². The third-order valence-corrected chi connectivity index (χ3v) is 1.85. The van der Waals surface area contributed by atoms with Gasteiger partial charge in [-0.05, 0) is 11.8 Å². The van der Waals surface area contributed by atoms with Crippen LogP contribution in [-0.4, -0.2) is 51.0 Å². The minimum Gasteiger partial charge on any atom is -0.854 e. The Balaban J connectivity index is -0.000000180. The summed E-state index contributed by atoms with van der Waals surface area (Å²) >= 11 is 0. The first-order valence-corrected chi connectivity index (χ1v) is 5.70. The Labute approximate surface area is 125 Å². The van der Waals surface area contributed by atoms with Gasteiger partial charge in [0.05, 0.1) is 0 Å². The van der Waals surface area contributed by atoms with Crippen molar-refractivity contribution in [3.8, 4) is 0 Å². The predicted octanol–water partition coefficient (Wildman–Crippen LogP) is 1.19. The van der Waals surface area contributed by atoms with Gasteiger partial charge in [-0.3, -0.25) is 0 Å². The van der Waals surface area contributed by atoms with Gasteiger partial charge in [-0.2, -0.15) is 0 Å². The van der Waals surface area contributed by atoms with Crippen LogP contribution in [-0.2, 0) is 0 Å². The minimum atomic E-state index is 0. The molecule has 0 aliphatic carbocycles. The van der Waals surface area contributed by atoms with Crippen LogP contribution in [0.1, 0.15) is 53.4 Å². The van der Waals surface area contributed by atoms with Crippen molar-refractivity contribution >= 4 is 37.7 Å². The summed E-state index contributed by atoms with van der Waals surface area (Å²) in [5.41, 5.74) is 0. The maximum Gasteiger partial charge on any atom is 2.00 e. The normalized spacial score (nSPS) is 9.60. The first-order valence-electron chi connectivity index (χ1n) is 5.70. The largest absolute Gasteiger partial charge is 2.00 e. The second-order valence-electron chi connectivity index (χ2n) is 4.48. The van der Waals surface area contributed by atoms with E-state index in [0.29, 0.717) is 11.8 Å². The topological polar surface area (TPSA) is 46.1 Å². The quantitative estimate of drug-likeness (QED) is 0.657. The van der Waals surface area contributed by atoms with Gasteiger partial charge in [-0.1, -0.05) is 53.4 Å². The van der Waals surface area contributed by atoms with Gasteiger partial charge < -0.3 is 10.2 Å². The fourth-order valence-corrected chi connectivity index (χ4v) is 0.983. The second-order valence-corrected chi connectivity index (χ2v) is 4.48. The Bertz CT molecular complexity index is 83.6. The Hall–Kier alpha value is 1.18. The molecule has 0 aromatic heterocycles. The molecule has 0 spiro atoms. The van der Waals surface area contributed by atoms with E-state index in [1.165, 1.54) is 0 Å². The van der Waals surface area contributed by atoms with E-state index in [-0.39, 0.29) is 51.0 Å². The molecule has 0 radical (unpaired) electrons. The molecule has 0 aliphatic rings. The summed E-state index contributed by atoms with van der Waals surface area (Å²) in [5.74, 6) is 1.41. The van der Waals surface area contributed by atoms with Crippen molar-refractivity contribution in [2.24, 2.45) is 11.8 Å². The van der Waals surface area contributed by atoms with Crippen molar-refractivity contribution < 1.29 is 10.2 Å². The molecular formula is C12H26CaO2. The molecule has 15 heavy (non-hydrogen) atoms. The van der Waals surface area contributed by atoms with E-state index in [0.717, 1.165) is 25.7 Å². The maximum atomic E-state index is 9.83. The van der Waals surface area contributed by atoms with Crippen LogP contribution in [0.3, 0.4) is 0 Å². The second kappa shape index (κ2) is 17.6. The third-order valence-electron chi connectivity index (χ3n) is 1.85. The Kier molecular flexibility index (Phi) is 25.1. The Morgan fingerprint density at radius 2 is 1.00 bits per heavy atom. The Morgan fingerprint density at radius 3 is 1.07 bits per heavy atom. The number of hydrogen-bond acceptors (Lipinski definition) is 2. The van der Waals surface area contributed by atoms with E-state index in [9.17, 15) is 10.2 Å². The zero-order valence-electron chi connectivity index (χ0n) is 10.9. The van der Waals surface area contributed by atoms with Crippen molar-refractivity contribution in [1.82, 2.24) is 0 Å². The fraction of sp³-hybridized carbons (Fsp3) is 1.00. The van der Waals surface area contributed by atoms with Gasteiger partial charge >= 0.3 is 37.7 Å². The molecule has 0 atom stereocenters. The van der Waals surface area contributed by atoms with Gasteiger partial charge in [0.25, 0.3) is 0 Å². The van der Waals surface area contributed by atoms with E-state index >= 15 is 0 Å². The molecule has 0 aromatic rings. The predicted molar refractivity (Wildman–Crippen MR) is 63.6 cm³/mol. The summed E-state index contributed by atoms with van der Waals surface area (Å²) in [6.07, 6.45) is 3.86. The van der Waals surface area contributed by atoms with Gasteiger partial charge in [0, 0.05) is 0 Å². The van der Waals surface area contributed by atoms with E-state index in [2.05, 4.69) is 27.7 Å². The van der Waals surface area contributed by atoms with Crippen LogP contribution in [0.15, 0.2) is 0 Å². The monoisotopic (exact) mass is 242 g/mol. The molecule has 0 aliphatic heterocycles. The van der Waals surface area contributed by atoms with Gasteiger partial charge in [-0.25, -0.2) is 0 Å². The minimum absolute atomic E-state index is 0. The summed E-state index contributed by atoms with van der Waals surface area (Å²) in [6, 6.07) is 0. The van der Waals surface area contributed by atoms with Crippen LogP contribution in [0.25, 0.3) is 0 Å². The Morgan fingerprint density at radius 1 is 0.733 bits per heavy atom. The molecule has 0 fully saturated rings. The van der Waals surface area contributed by atoms with Crippen LogP contribution in [0.4, 0.5) is 0 Å². The standard InChI is InChI=1S/2C6H13O.Ca/c2*1-6(2)4-3-5-7;/h2*6H,3-5H2,1-2H3;/q2*-1;+2. The SMILES string of the molecule is CC(C)CCC[O-].CC(C)CCC[O-].[Ca+2]. The molecule has 88 valence electrons. The molecule has 0 heterocycles. The molecule has 0 bridgehead atoms. The molecule has 0 N–H and O–H groups in total. The van der Waals surface area contributed by atoms with Crippen molar-refractivity contribution in [3.63, 3.8) is 0 Å². The molecule has 0 saturated heterocycles. The fourth-order valence-electron chi connectivity index (χ4n) is 0.983. The van der Waals surface area contributed by atoms with E-state index in [1.807, 2.05) is 0 Å². The zero-order chi connectivity index (χ0) is 11.4. The molecule has 0 unspecified atom stereocenters.